The van der Waals surface area contributed by atoms with Gasteiger partial charge in [-0.05, 0) is 34.1 Å². The highest BCUT2D eigenvalue weighted by Gasteiger charge is 2.42. The van der Waals surface area contributed by atoms with Gasteiger partial charge in [-0.3, -0.25) is 14.2 Å². The summed E-state index contributed by atoms with van der Waals surface area (Å²) < 4.78 is 32.8. The molecule has 0 aromatic carbocycles. The average Bonchev–Trinajstić information content (AvgIpc) is 2.40. The molecule has 0 aromatic heterocycles. The van der Waals surface area contributed by atoms with Gasteiger partial charge in [-0.15, -0.1) is 0 Å². The second kappa shape index (κ2) is 10.8. The second-order valence-corrected chi connectivity index (χ2v) is 6.21. The van der Waals surface area contributed by atoms with E-state index in [2.05, 4.69) is 0 Å². The standard InChI is InChI=1S/C13H25O7P/c1-5-17-12(14)10-9-11(13(15)18-6-2)21(16,19-7-3)20-8-4/h11H,5-10H2,1-4H3/t11-/m1/s1. The summed E-state index contributed by atoms with van der Waals surface area (Å²) in [5, 5.41) is 0. The summed E-state index contributed by atoms with van der Waals surface area (Å²) in [6.07, 6.45) is -0.0591. The van der Waals surface area contributed by atoms with Gasteiger partial charge in [-0.25, -0.2) is 0 Å². The number of ether oxygens (including phenoxy) is 2. The third-order valence-corrected chi connectivity index (χ3v) is 4.95. The van der Waals surface area contributed by atoms with Crippen LogP contribution in [0.5, 0.6) is 0 Å². The van der Waals surface area contributed by atoms with Crippen molar-refractivity contribution in [3.63, 3.8) is 0 Å². The van der Waals surface area contributed by atoms with Crippen LogP contribution in [0.25, 0.3) is 0 Å². The van der Waals surface area contributed by atoms with E-state index in [0.29, 0.717) is 0 Å². The van der Waals surface area contributed by atoms with Gasteiger partial charge >= 0.3 is 19.5 Å². The van der Waals surface area contributed by atoms with Crippen LogP contribution >= 0.6 is 7.60 Å². The zero-order chi connectivity index (χ0) is 16.3. The maximum Gasteiger partial charge on any atom is 0.344 e. The SMILES string of the molecule is CCOC(=O)CC[C@H](C(=O)OCC)P(=O)(OCC)OCC. The molecule has 0 aliphatic carbocycles. The lowest BCUT2D eigenvalue weighted by atomic mass is 10.2. The molecule has 0 heterocycles. The maximum absolute atomic E-state index is 12.7. The van der Waals surface area contributed by atoms with Crippen LogP contribution in [-0.2, 0) is 32.7 Å². The van der Waals surface area contributed by atoms with Gasteiger partial charge in [-0.1, -0.05) is 0 Å². The van der Waals surface area contributed by atoms with Crippen LogP contribution in [0, 0.1) is 0 Å². The van der Waals surface area contributed by atoms with Gasteiger partial charge in [0.15, 0.2) is 5.66 Å². The first-order valence-electron chi connectivity index (χ1n) is 7.16. The minimum atomic E-state index is -3.67. The minimum Gasteiger partial charge on any atom is -0.466 e. The van der Waals surface area contributed by atoms with Crippen molar-refractivity contribution in [1.82, 2.24) is 0 Å². The van der Waals surface area contributed by atoms with Gasteiger partial charge in [0.25, 0.3) is 0 Å². The molecule has 1 atom stereocenters. The lowest BCUT2D eigenvalue weighted by Crippen LogP contribution is -2.27. The van der Waals surface area contributed by atoms with E-state index in [1.807, 2.05) is 0 Å². The van der Waals surface area contributed by atoms with Crippen molar-refractivity contribution < 1.29 is 32.7 Å². The fraction of sp³-hybridized carbons (Fsp3) is 0.846. The molecule has 0 aliphatic rings. The lowest BCUT2D eigenvalue weighted by Gasteiger charge is -2.24. The normalized spacial score (nSPS) is 12.8. The Bertz CT molecular complexity index is 360. The van der Waals surface area contributed by atoms with Crippen LogP contribution in [0.15, 0.2) is 0 Å². The number of rotatable bonds is 11. The number of esters is 2. The molecular weight excluding hydrogens is 299 g/mol. The van der Waals surface area contributed by atoms with Crippen LogP contribution < -0.4 is 0 Å². The quantitative estimate of drug-likeness (QED) is 0.426. The highest BCUT2D eigenvalue weighted by Crippen LogP contribution is 2.55. The van der Waals surface area contributed by atoms with Gasteiger partial charge in [0.2, 0.25) is 0 Å². The Balaban J connectivity index is 5.04. The number of hydrogen-bond donors (Lipinski definition) is 0. The van der Waals surface area contributed by atoms with E-state index in [1.165, 1.54) is 0 Å². The molecule has 0 fully saturated rings. The summed E-state index contributed by atoms with van der Waals surface area (Å²) in [6.45, 7) is 7.29. The van der Waals surface area contributed by atoms with Crippen molar-refractivity contribution >= 4 is 19.5 Å². The Hall–Kier alpha value is -0.910. The molecule has 0 N–H and O–H groups in total. The molecule has 0 aliphatic heterocycles. The van der Waals surface area contributed by atoms with Crippen LogP contribution in [0.2, 0.25) is 0 Å². The monoisotopic (exact) mass is 324 g/mol. The largest absolute Gasteiger partial charge is 0.466 e. The van der Waals surface area contributed by atoms with Crippen molar-refractivity contribution in [3.8, 4) is 0 Å². The fourth-order valence-electron chi connectivity index (χ4n) is 1.71. The van der Waals surface area contributed by atoms with Crippen LogP contribution in [0.1, 0.15) is 40.5 Å². The first kappa shape index (κ1) is 20.1. The summed E-state index contributed by atoms with van der Waals surface area (Å²) in [5.41, 5.74) is -1.12. The molecule has 21 heavy (non-hydrogen) atoms. The van der Waals surface area contributed by atoms with Gasteiger partial charge in [0.05, 0.1) is 26.4 Å². The van der Waals surface area contributed by atoms with Crippen LogP contribution in [0.3, 0.4) is 0 Å². The van der Waals surface area contributed by atoms with Crippen molar-refractivity contribution in [2.45, 2.75) is 46.2 Å². The van der Waals surface area contributed by atoms with Gasteiger partial charge in [0, 0.05) is 6.42 Å². The molecule has 0 rings (SSSR count). The number of carbonyl (C=O) groups excluding carboxylic acids is 2. The van der Waals surface area contributed by atoms with E-state index in [4.69, 9.17) is 18.5 Å². The highest BCUT2D eigenvalue weighted by atomic mass is 31.2. The molecule has 0 saturated carbocycles. The highest BCUT2D eigenvalue weighted by molar-refractivity contribution is 7.55. The van der Waals surface area contributed by atoms with Crippen LogP contribution in [-0.4, -0.2) is 44.0 Å². The summed E-state index contributed by atoms with van der Waals surface area (Å²) in [5.74, 6) is -1.15. The third kappa shape index (κ3) is 7.07. The summed E-state index contributed by atoms with van der Waals surface area (Å²) in [6, 6.07) is 0. The van der Waals surface area contributed by atoms with Crippen molar-refractivity contribution in [2.75, 3.05) is 26.4 Å². The molecule has 0 bridgehead atoms. The molecule has 0 spiro atoms. The smallest absolute Gasteiger partial charge is 0.344 e. The molecule has 0 amide bonds. The van der Waals surface area contributed by atoms with E-state index in [-0.39, 0.29) is 39.3 Å². The topological polar surface area (TPSA) is 88.1 Å². The van der Waals surface area contributed by atoms with E-state index < -0.39 is 25.2 Å². The van der Waals surface area contributed by atoms with Crippen molar-refractivity contribution in [2.24, 2.45) is 0 Å². The predicted molar refractivity (Wildman–Crippen MR) is 77.1 cm³/mol. The van der Waals surface area contributed by atoms with Gasteiger partial charge in [-0.2, -0.15) is 0 Å². The Morgan fingerprint density at radius 1 is 0.905 bits per heavy atom. The second-order valence-electron chi connectivity index (χ2n) is 3.99. The summed E-state index contributed by atoms with van der Waals surface area (Å²) in [7, 11) is -3.67. The molecule has 124 valence electrons. The first-order valence-corrected chi connectivity index (χ1v) is 8.77. The van der Waals surface area contributed by atoms with E-state index >= 15 is 0 Å². The molecule has 0 saturated heterocycles. The van der Waals surface area contributed by atoms with E-state index in [0.717, 1.165) is 0 Å². The van der Waals surface area contributed by atoms with Crippen molar-refractivity contribution in [1.29, 1.82) is 0 Å². The predicted octanol–water partition coefficient (Wildman–Crippen LogP) is 2.53. The zero-order valence-corrected chi connectivity index (χ0v) is 14.0. The fourth-order valence-corrected chi connectivity index (χ4v) is 3.64. The number of carbonyl (C=O) groups is 2. The average molecular weight is 324 g/mol. The molecular formula is C13H25O7P. The molecule has 8 heteroatoms. The molecule has 0 radical (unpaired) electrons. The Kier molecular flexibility index (Phi) is 10.3. The van der Waals surface area contributed by atoms with Crippen molar-refractivity contribution in [3.05, 3.63) is 0 Å². The Labute approximate surface area is 125 Å². The Morgan fingerprint density at radius 2 is 1.43 bits per heavy atom. The molecule has 7 nitrogen and oxygen atoms in total. The summed E-state index contributed by atoms with van der Waals surface area (Å²) >= 11 is 0. The number of hydrogen-bond acceptors (Lipinski definition) is 7. The minimum absolute atomic E-state index is 0.00502. The lowest BCUT2D eigenvalue weighted by molar-refractivity contribution is -0.144. The third-order valence-electron chi connectivity index (χ3n) is 2.49. The van der Waals surface area contributed by atoms with E-state index in [9.17, 15) is 14.2 Å². The summed E-state index contributed by atoms with van der Waals surface area (Å²) in [4.78, 5) is 23.4. The van der Waals surface area contributed by atoms with Gasteiger partial charge < -0.3 is 18.5 Å². The van der Waals surface area contributed by atoms with Crippen LogP contribution in [0.4, 0.5) is 0 Å². The molecule has 0 unspecified atom stereocenters. The van der Waals surface area contributed by atoms with Gasteiger partial charge in [0.1, 0.15) is 0 Å². The van der Waals surface area contributed by atoms with E-state index in [1.54, 1.807) is 27.7 Å². The zero-order valence-electron chi connectivity index (χ0n) is 13.1. The molecule has 0 aromatic rings. The Morgan fingerprint density at radius 3 is 1.86 bits per heavy atom. The maximum atomic E-state index is 12.7. The first-order chi connectivity index (χ1) is 9.95.